The SMILES string of the molecule is COC(=O)/C(=C\c1ccccc1)P(=O)(OC)OC. The van der Waals surface area contributed by atoms with Gasteiger partial charge in [-0.05, 0) is 11.6 Å². The molecule has 0 N–H and O–H groups in total. The van der Waals surface area contributed by atoms with Crippen molar-refractivity contribution in [2.75, 3.05) is 21.3 Å². The molecule has 5 nitrogen and oxygen atoms in total. The quantitative estimate of drug-likeness (QED) is 0.467. The van der Waals surface area contributed by atoms with Crippen LogP contribution in [-0.4, -0.2) is 27.3 Å². The first kappa shape index (κ1) is 14.6. The molecule has 1 aromatic carbocycles. The number of methoxy groups -OCH3 is 1. The third-order valence-electron chi connectivity index (χ3n) is 2.27. The average molecular weight is 270 g/mol. The number of rotatable bonds is 5. The number of hydrogen-bond donors (Lipinski definition) is 0. The van der Waals surface area contributed by atoms with Crippen LogP contribution in [0.4, 0.5) is 0 Å². The molecule has 0 spiro atoms. The molecule has 0 saturated carbocycles. The van der Waals surface area contributed by atoms with Crippen LogP contribution in [0, 0.1) is 0 Å². The number of esters is 1. The highest BCUT2D eigenvalue weighted by Crippen LogP contribution is 2.55. The summed E-state index contributed by atoms with van der Waals surface area (Å²) in [5.74, 6) is -0.745. The molecular weight excluding hydrogens is 255 g/mol. The van der Waals surface area contributed by atoms with Crippen LogP contribution in [0.2, 0.25) is 0 Å². The van der Waals surface area contributed by atoms with Crippen LogP contribution < -0.4 is 0 Å². The van der Waals surface area contributed by atoms with Gasteiger partial charge in [-0.15, -0.1) is 0 Å². The van der Waals surface area contributed by atoms with Crippen molar-refractivity contribution in [3.63, 3.8) is 0 Å². The zero-order valence-corrected chi connectivity index (χ0v) is 11.3. The van der Waals surface area contributed by atoms with Crippen LogP contribution in [-0.2, 0) is 23.1 Å². The van der Waals surface area contributed by atoms with Crippen molar-refractivity contribution in [1.29, 1.82) is 0 Å². The normalized spacial score (nSPS) is 12.3. The smallest absolute Gasteiger partial charge is 0.368 e. The van der Waals surface area contributed by atoms with Crippen molar-refractivity contribution in [3.8, 4) is 0 Å². The highest BCUT2D eigenvalue weighted by atomic mass is 31.2. The molecule has 6 heteroatoms. The zero-order chi connectivity index (χ0) is 13.6. The van der Waals surface area contributed by atoms with Crippen LogP contribution in [0.5, 0.6) is 0 Å². The van der Waals surface area contributed by atoms with E-state index in [-0.39, 0.29) is 5.31 Å². The largest absolute Gasteiger partial charge is 0.465 e. The van der Waals surface area contributed by atoms with Crippen molar-refractivity contribution in [1.82, 2.24) is 0 Å². The van der Waals surface area contributed by atoms with Gasteiger partial charge in [0.05, 0.1) is 7.11 Å². The molecule has 0 aromatic heterocycles. The maximum Gasteiger partial charge on any atom is 0.368 e. The van der Waals surface area contributed by atoms with Crippen molar-refractivity contribution in [2.45, 2.75) is 0 Å². The predicted octanol–water partition coefficient (Wildman–Crippen LogP) is 2.69. The highest BCUT2D eigenvalue weighted by Gasteiger charge is 2.34. The summed E-state index contributed by atoms with van der Waals surface area (Å²) in [6, 6.07) is 8.95. The van der Waals surface area contributed by atoms with Gasteiger partial charge in [0.25, 0.3) is 0 Å². The lowest BCUT2D eigenvalue weighted by molar-refractivity contribution is -0.135. The van der Waals surface area contributed by atoms with Gasteiger partial charge < -0.3 is 13.8 Å². The van der Waals surface area contributed by atoms with E-state index < -0.39 is 13.6 Å². The van der Waals surface area contributed by atoms with Crippen LogP contribution in [0.3, 0.4) is 0 Å². The summed E-state index contributed by atoms with van der Waals surface area (Å²) in [6.07, 6.45) is 1.43. The fraction of sp³-hybridized carbons (Fsp3) is 0.250. The second kappa shape index (κ2) is 6.50. The monoisotopic (exact) mass is 270 g/mol. The molecule has 1 rings (SSSR count). The molecule has 18 heavy (non-hydrogen) atoms. The Morgan fingerprint density at radius 2 is 1.67 bits per heavy atom. The third kappa shape index (κ3) is 3.29. The molecule has 0 fully saturated rings. The standard InChI is InChI=1S/C12H15O5P/c1-15-12(13)11(18(14,16-2)17-3)9-10-7-5-4-6-8-10/h4-9H,1-3H3/b11-9+. The lowest BCUT2D eigenvalue weighted by Gasteiger charge is -2.15. The Bertz CT molecular complexity index is 473. The molecule has 0 saturated heterocycles. The Morgan fingerprint density at radius 3 is 2.11 bits per heavy atom. The van der Waals surface area contributed by atoms with Crippen LogP contribution in [0.25, 0.3) is 6.08 Å². The van der Waals surface area contributed by atoms with E-state index >= 15 is 0 Å². The molecule has 0 amide bonds. The summed E-state index contributed by atoms with van der Waals surface area (Å²) in [4.78, 5) is 11.7. The lowest BCUT2D eigenvalue weighted by Crippen LogP contribution is -2.07. The van der Waals surface area contributed by atoms with Gasteiger partial charge in [-0.3, -0.25) is 4.57 Å². The molecule has 0 aliphatic rings. The molecule has 1 aromatic rings. The van der Waals surface area contributed by atoms with Crippen LogP contribution in [0.15, 0.2) is 35.6 Å². The minimum atomic E-state index is -3.64. The summed E-state index contributed by atoms with van der Waals surface area (Å²) in [7, 11) is -0.00897. The van der Waals surface area contributed by atoms with Crippen molar-refractivity contribution in [2.24, 2.45) is 0 Å². The molecule has 0 heterocycles. The fourth-order valence-corrected chi connectivity index (χ4v) is 2.50. The predicted molar refractivity (Wildman–Crippen MR) is 68.1 cm³/mol. The van der Waals surface area contributed by atoms with Crippen molar-refractivity contribution < 1.29 is 23.1 Å². The third-order valence-corrected chi connectivity index (χ3v) is 4.14. The topological polar surface area (TPSA) is 61.8 Å². The first-order valence-corrected chi connectivity index (χ1v) is 6.69. The lowest BCUT2D eigenvalue weighted by atomic mass is 10.2. The Kier molecular flexibility index (Phi) is 5.28. The van der Waals surface area contributed by atoms with E-state index in [0.717, 1.165) is 0 Å². The van der Waals surface area contributed by atoms with E-state index in [1.54, 1.807) is 24.3 Å². The number of benzene rings is 1. The molecule has 0 bridgehead atoms. The molecule has 0 aliphatic heterocycles. The van der Waals surface area contributed by atoms with Gasteiger partial charge >= 0.3 is 13.6 Å². The summed E-state index contributed by atoms with van der Waals surface area (Å²) in [5, 5.41) is -0.138. The molecule has 0 radical (unpaired) electrons. The summed E-state index contributed by atoms with van der Waals surface area (Å²) in [6.45, 7) is 0. The zero-order valence-electron chi connectivity index (χ0n) is 10.5. The molecule has 0 unspecified atom stereocenters. The molecule has 0 atom stereocenters. The van der Waals surface area contributed by atoms with Gasteiger partial charge in [0.15, 0.2) is 0 Å². The van der Waals surface area contributed by atoms with Crippen LogP contribution in [0.1, 0.15) is 5.56 Å². The van der Waals surface area contributed by atoms with E-state index in [1.807, 2.05) is 6.07 Å². The fourth-order valence-electron chi connectivity index (χ4n) is 1.33. The van der Waals surface area contributed by atoms with E-state index in [2.05, 4.69) is 4.74 Å². The number of hydrogen-bond acceptors (Lipinski definition) is 5. The molecule has 0 aliphatic carbocycles. The van der Waals surface area contributed by atoms with Gasteiger partial charge in [-0.2, -0.15) is 0 Å². The first-order valence-electron chi connectivity index (χ1n) is 5.14. The number of carbonyl (C=O) groups excluding carboxylic acids is 1. The van der Waals surface area contributed by atoms with Gasteiger partial charge in [0.2, 0.25) is 0 Å². The Hall–Kier alpha value is -1.42. The van der Waals surface area contributed by atoms with Gasteiger partial charge in [0.1, 0.15) is 5.31 Å². The number of carbonyl (C=O) groups is 1. The number of ether oxygens (including phenoxy) is 1. The minimum Gasteiger partial charge on any atom is -0.465 e. The van der Waals surface area contributed by atoms with Gasteiger partial charge in [0, 0.05) is 14.2 Å². The van der Waals surface area contributed by atoms with E-state index in [4.69, 9.17) is 9.05 Å². The summed E-state index contributed by atoms with van der Waals surface area (Å²) in [5.41, 5.74) is 0.701. The van der Waals surface area contributed by atoms with Gasteiger partial charge in [-0.25, -0.2) is 4.79 Å². The van der Waals surface area contributed by atoms with E-state index in [0.29, 0.717) is 5.56 Å². The van der Waals surface area contributed by atoms with Gasteiger partial charge in [-0.1, -0.05) is 30.3 Å². The van der Waals surface area contributed by atoms with E-state index in [1.165, 1.54) is 27.4 Å². The molecular formula is C12H15O5P. The maximum atomic E-state index is 12.2. The van der Waals surface area contributed by atoms with Crippen molar-refractivity contribution >= 4 is 19.6 Å². The van der Waals surface area contributed by atoms with Crippen LogP contribution >= 0.6 is 7.60 Å². The first-order chi connectivity index (χ1) is 8.57. The molecule has 98 valence electrons. The second-order valence-corrected chi connectivity index (χ2v) is 5.50. The average Bonchev–Trinajstić information content (AvgIpc) is 2.44. The Morgan fingerprint density at radius 1 is 1.11 bits per heavy atom. The second-order valence-electron chi connectivity index (χ2n) is 3.29. The Balaban J connectivity index is 3.27. The van der Waals surface area contributed by atoms with Crippen molar-refractivity contribution in [3.05, 3.63) is 41.2 Å². The minimum absolute atomic E-state index is 0.138. The Labute approximate surface area is 106 Å². The maximum absolute atomic E-state index is 12.2. The summed E-state index contributed by atoms with van der Waals surface area (Å²) < 4.78 is 26.5. The highest BCUT2D eigenvalue weighted by molar-refractivity contribution is 7.60. The summed E-state index contributed by atoms with van der Waals surface area (Å²) >= 11 is 0. The van der Waals surface area contributed by atoms with E-state index in [9.17, 15) is 9.36 Å².